The van der Waals surface area contributed by atoms with Gasteiger partial charge >= 0.3 is 0 Å². The van der Waals surface area contributed by atoms with Crippen molar-refractivity contribution < 1.29 is 4.92 Å². The van der Waals surface area contributed by atoms with E-state index in [1.165, 1.54) is 19.3 Å². The third kappa shape index (κ3) is 3.16. The highest BCUT2D eigenvalue weighted by Crippen LogP contribution is 2.23. The fourth-order valence-electron chi connectivity index (χ4n) is 2.97. The Morgan fingerprint density at radius 1 is 1.35 bits per heavy atom. The Labute approximate surface area is 120 Å². The zero-order valence-electron chi connectivity index (χ0n) is 12.4. The molecule has 2 atom stereocenters. The first-order valence-electron chi connectivity index (χ1n) is 7.25. The molecule has 1 aliphatic heterocycles. The van der Waals surface area contributed by atoms with E-state index in [1.807, 2.05) is 13.0 Å². The van der Waals surface area contributed by atoms with Gasteiger partial charge in [0.05, 0.1) is 4.92 Å². The van der Waals surface area contributed by atoms with Crippen molar-refractivity contribution in [3.05, 3.63) is 39.4 Å². The normalized spacial score (nSPS) is 23.8. The van der Waals surface area contributed by atoms with Crippen LogP contribution in [0, 0.1) is 17.0 Å². The van der Waals surface area contributed by atoms with Gasteiger partial charge in [-0.05, 0) is 39.2 Å². The zero-order chi connectivity index (χ0) is 14.7. The van der Waals surface area contributed by atoms with Gasteiger partial charge in [0, 0.05) is 30.3 Å². The van der Waals surface area contributed by atoms with E-state index in [0.29, 0.717) is 18.6 Å². The van der Waals surface area contributed by atoms with Gasteiger partial charge in [0.2, 0.25) is 0 Å². The van der Waals surface area contributed by atoms with E-state index < -0.39 is 0 Å². The molecule has 110 valence electrons. The van der Waals surface area contributed by atoms with Crippen LogP contribution >= 0.6 is 0 Å². The van der Waals surface area contributed by atoms with E-state index >= 15 is 0 Å². The number of rotatable bonds is 4. The van der Waals surface area contributed by atoms with Crippen LogP contribution in [-0.4, -0.2) is 22.0 Å². The highest BCUT2D eigenvalue weighted by molar-refractivity contribution is 5.44. The quantitative estimate of drug-likeness (QED) is 0.678. The second-order valence-corrected chi connectivity index (χ2v) is 5.69. The summed E-state index contributed by atoms with van der Waals surface area (Å²) in [4.78, 5) is 10.6. The van der Waals surface area contributed by atoms with E-state index in [9.17, 15) is 10.1 Å². The molecule has 0 saturated carbocycles. The monoisotopic (exact) mass is 277 g/mol. The third-order valence-corrected chi connectivity index (χ3v) is 4.26. The minimum absolute atomic E-state index is 0.198. The molecular formula is C15H23N3O2. The first-order valence-corrected chi connectivity index (χ1v) is 7.25. The molecule has 0 aliphatic carbocycles. The summed E-state index contributed by atoms with van der Waals surface area (Å²) in [5.74, 6) is 0. The van der Waals surface area contributed by atoms with Crippen molar-refractivity contribution in [2.24, 2.45) is 0 Å². The van der Waals surface area contributed by atoms with Crippen LogP contribution in [-0.2, 0) is 6.54 Å². The maximum atomic E-state index is 11.0. The lowest BCUT2D eigenvalue weighted by molar-refractivity contribution is -0.385. The molecule has 5 heteroatoms. The molecule has 1 saturated heterocycles. The second kappa shape index (κ2) is 6.33. The molecule has 1 N–H and O–H groups in total. The van der Waals surface area contributed by atoms with Crippen molar-refractivity contribution in [1.82, 2.24) is 10.4 Å². The van der Waals surface area contributed by atoms with E-state index in [4.69, 9.17) is 0 Å². The van der Waals surface area contributed by atoms with Gasteiger partial charge in [-0.15, -0.1) is 0 Å². The molecule has 2 unspecified atom stereocenters. The topological polar surface area (TPSA) is 58.4 Å². The molecular weight excluding hydrogens is 254 g/mol. The number of hydrogen-bond donors (Lipinski definition) is 1. The minimum atomic E-state index is -0.315. The smallest absolute Gasteiger partial charge is 0.258 e. The maximum Gasteiger partial charge on any atom is 0.272 e. The number of benzene rings is 1. The lowest BCUT2D eigenvalue weighted by Gasteiger charge is -2.39. The summed E-state index contributed by atoms with van der Waals surface area (Å²) in [6.07, 6.45) is 3.67. The van der Waals surface area contributed by atoms with Crippen molar-refractivity contribution in [1.29, 1.82) is 0 Å². The van der Waals surface area contributed by atoms with Crippen molar-refractivity contribution in [3.8, 4) is 0 Å². The molecule has 0 amide bonds. The van der Waals surface area contributed by atoms with Crippen LogP contribution in [0.2, 0.25) is 0 Å². The van der Waals surface area contributed by atoms with Crippen LogP contribution in [0.4, 0.5) is 5.69 Å². The third-order valence-electron chi connectivity index (χ3n) is 4.26. The fourth-order valence-corrected chi connectivity index (χ4v) is 2.97. The molecule has 0 bridgehead atoms. The van der Waals surface area contributed by atoms with Gasteiger partial charge < -0.3 is 0 Å². The van der Waals surface area contributed by atoms with Crippen LogP contribution in [0.5, 0.6) is 0 Å². The number of nitro groups is 1. The van der Waals surface area contributed by atoms with Crippen LogP contribution in [0.3, 0.4) is 0 Å². The zero-order valence-corrected chi connectivity index (χ0v) is 12.4. The SMILES string of the molecule is Cc1c(CNN2C(C)CCCC2C)cccc1[N+](=O)[O-]. The van der Waals surface area contributed by atoms with E-state index in [1.54, 1.807) is 12.1 Å². The molecule has 1 fully saturated rings. The van der Waals surface area contributed by atoms with Gasteiger partial charge in [-0.3, -0.25) is 15.5 Å². The number of nitro benzene ring substituents is 1. The highest BCUT2D eigenvalue weighted by Gasteiger charge is 2.24. The molecule has 1 aromatic rings. The Morgan fingerprint density at radius 2 is 2.00 bits per heavy atom. The van der Waals surface area contributed by atoms with E-state index in [2.05, 4.69) is 24.3 Å². The fraction of sp³-hybridized carbons (Fsp3) is 0.600. The summed E-state index contributed by atoms with van der Waals surface area (Å²) >= 11 is 0. The molecule has 0 spiro atoms. The summed E-state index contributed by atoms with van der Waals surface area (Å²) < 4.78 is 0. The lowest BCUT2D eigenvalue weighted by atomic mass is 10.00. The van der Waals surface area contributed by atoms with Crippen LogP contribution in [0.25, 0.3) is 0 Å². The van der Waals surface area contributed by atoms with Crippen molar-refractivity contribution in [2.75, 3.05) is 0 Å². The number of nitrogens with one attached hydrogen (secondary N) is 1. The van der Waals surface area contributed by atoms with Crippen LogP contribution in [0.1, 0.15) is 44.2 Å². The van der Waals surface area contributed by atoms with Crippen LogP contribution in [0.15, 0.2) is 18.2 Å². The minimum Gasteiger partial charge on any atom is -0.258 e. The number of hydrazine groups is 1. The number of piperidine rings is 1. The first kappa shape index (κ1) is 14.9. The molecule has 20 heavy (non-hydrogen) atoms. The molecule has 1 aromatic carbocycles. The molecule has 0 aromatic heterocycles. The molecule has 1 heterocycles. The standard InChI is InChI=1S/C15H23N3O2/c1-11-6-4-7-12(2)17(11)16-10-14-8-5-9-15(13(14)3)18(19)20/h5,8-9,11-12,16H,4,6-7,10H2,1-3H3. The van der Waals surface area contributed by atoms with Crippen molar-refractivity contribution in [2.45, 2.75) is 58.7 Å². The van der Waals surface area contributed by atoms with Gasteiger partial charge in [0.15, 0.2) is 0 Å². The predicted octanol–water partition coefficient (Wildman–Crippen LogP) is 3.17. The largest absolute Gasteiger partial charge is 0.272 e. The van der Waals surface area contributed by atoms with Crippen molar-refractivity contribution in [3.63, 3.8) is 0 Å². The Morgan fingerprint density at radius 3 is 2.60 bits per heavy atom. The van der Waals surface area contributed by atoms with E-state index in [-0.39, 0.29) is 10.6 Å². The summed E-state index contributed by atoms with van der Waals surface area (Å²) in [5.41, 5.74) is 5.40. The molecule has 2 rings (SSSR count). The average Bonchev–Trinajstić information content (AvgIpc) is 2.39. The molecule has 1 aliphatic rings. The predicted molar refractivity (Wildman–Crippen MR) is 79.3 cm³/mol. The van der Waals surface area contributed by atoms with Gasteiger partial charge in [0.25, 0.3) is 5.69 Å². The first-order chi connectivity index (χ1) is 9.50. The van der Waals surface area contributed by atoms with Gasteiger partial charge in [-0.1, -0.05) is 18.6 Å². The average molecular weight is 277 g/mol. The Balaban J connectivity index is 2.07. The number of hydrogen-bond acceptors (Lipinski definition) is 4. The van der Waals surface area contributed by atoms with Crippen molar-refractivity contribution >= 4 is 5.69 Å². The summed E-state index contributed by atoms with van der Waals surface area (Å²) in [7, 11) is 0. The molecule has 0 radical (unpaired) electrons. The summed E-state index contributed by atoms with van der Waals surface area (Å²) in [6.45, 7) is 6.91. The summed E-state index contributed by atoms with van der Waals surface area (Å²) in [5, 5.41) is 13.3. The summed E-state index contributed by atoms with van der Waals surface area (Å²) in [6, 6.07) is 6.29. The lowest BCUT2D eigenvalue weighted by Crippen LogP contribution is -2.51. The number of nitrogens with zero attached hydrogens (tertiary/aromatic N) is 2. The molecule has 5 nitrogen and oxygen atoms in total. The Kier molecular flexibility index (Phi) is 4.73. The van der Waals surface area contributed by atoms with Gasteiger partial charge in [-0.25, -0.2) is 5.01 Å². The van der Waals surface area contributed by atoms with Gasteiger partial charge in [0.1, 0.15) is 0 Å². The van der Waals surface area contributed by atoms with E-state index in [0.717, 1.165) is 11.1 Å². The second-order valence-electron chi connectivity index (χ2n) is 5.69. The maximum absolute atomic E-state index is 11.0. The highest BCUT2D eigenvalue weighted by atomic mass is 16.6. The Bertz CT molecular complexity index is 480. The van der Waals surface area contributed by atoms with Gasteiger partial charge in [-0.2, -0.15) is 0 Å². The Hall–Kier alpha value is -1.46. The van der Waals surface area contributed by atoms with Crippen LogP contribution < -0.4 is 5.43 Å².